The minimum absolute atomic E-state index is 0.0101. The van der Waals surface area contributed by atoms with Gasteiger partial charge in [0, 0.05) is 68.2 Å². The zero-order valence-corrected chi connectivity index (χ0v) is 37.7. The molecule has 3 fully saturated rings. The molecule has 22 heteroatoms. The van der Waals surface area contributed by atoms with Crippen LogP contribution in [0.4, 0.5) is 11.4 Å². The lowest BCUT2D eigenvalue weighted by atomic mass is 9.79. The molecule has 0 aliphatic carbocycles. The summed E-state index contributed by atoms with van der Waals surface area (Å²) in [7, 11) is 0. The molecule has 2 aromatic rings. The lowest BCUT2D eigenvalue weighted by molar-refractivity contribution is -0.163. The lowest BCUT2D eigenvalue weighted by Crippen LogP contribution is -2.63. The van der Waals surface area contributed by atoms with Crippen molar-refractivity contribution in [1.29, 1.82) is 0 Å². The molecular formula is C44H50N6O14S2. The number of aliphatic carboxylic acids is 3. The molecule has 352 valence electrons. The summed E-state index contributed by atoms with van der Waals surface area (Å²) >= 11 is 2.37. The number of aliphatic hydroxyl groups excluding tert-OH is 2. The fourth-order valence-electron chi connectivity index (χ4n) is 9.61. The molecule has 66 heavy (non-hydrogen) atoms. The Morgan fingerprint density at radius 2 is 1.39 bits per heavy atom. The highest BCUT2D eigenvalue weighted by Gasteiger charge is 2.60. The third kappa shape index (κ3) is 9.24. The SMILES string of the molecule is C[C@@H](O)C(C(=O)O)[C@@H]1NC(C(=O)O)=C(S[C@H]2C[C@@H](C(=O)Nc3cccc(C(=O)O)c3)N(C(=O)c3cccc(NC(=O)[C@@H]4C[C@H](SC5=C(C(=O)O)N6C(=O)[C@H]([C@@H](C)O)[C@H]6[C@H]5C)CN4)c3)C2)[C@@H]1C. The van der Waals surface area contributed by atoms with E-state index in [-0.39, 0.29) is 62.9 Å². The summed E-state index contributed by atoms with van der Waals surface area (Å²) in [6, 6.07) is 8.27. The second-order valence-corrected chi connectivity index (χ2v) is 19.9. The van der Waals surface area contributed by atoms with Crippen molar-refractivity contribution in [2.45, 2.75) is 87.4 Å². The molecule has 7 rings (SSSR count). The molecular weight excluding hydrogens is 901 g/mol. The van der Waals surface area contributed by atoms with Crippen LogP contribution in [0.1, 0.15) is 61.3 Å². The fraction of sp³-hybridized carbons (Fsp3) is 0.455. The van der Waals surface area contributed by atoms with Gasteiger partial charge in [-0.3, -0.25) is 24.0 Å². The first kappa shape index (κ1) is 48.0. The minimum Gasteiger partial charge on any atom is -0.481 e. The molecule has 0 spiro atoms. The lowest BCUT2D eigenvalue weighted by Gasteiger charge is -2.46. The minimum atomic E-state index is -1.36. The molecule has 2 aromatic carbocycles. The number of anilines is 2. The Morgan fingerprint density at radius 1 is 0.773 bits per heavy atom. The highest BCUT2D eigenvalue weighted by Crippen LogP contribution is 2.52. The number of hydrogen-bond acceptors (Lipinski definition) is 14. The largest absolute Gasteiger partial charge is 0.481 e. The number of carboxylic acid groups (broad SMARTS) is 4. The molecule has 0 radical (unpaired) electrons. The second-order valence-electron chi connectivity index (χ2n) is 17.2. The fourth-order valence-corrected chi connectivity index (χ4v) is 12.6. The molecule has 0 bridgehead atoms. The summed E-state index contributed by atoms with van der Waals surface area (Å²) in [5, 5.41) is 70.7. The Hall–Kier alpha value is -5.94. The molecule has 4 amide bonds. The summed E-state index contributed by atoms with van der Waals surface area (Å²) in [6.07, 6.45) is -1.96. The van der Waals surface area contributed by atoms with Crippen LogP contribution in [0.25, 0.3) is 0 Å². The monoisotopic (exact) mass is 950 g/mol. The molecule has 5 aliphatic heterocycles. The number of hydrogen-bond donors (Lipinski definition) is 10. The standard InChI is InChI=1S/C44H50N6O14S2/c1-17-31(29(19(3)51)42(59)60)48-32(43(61)62)35(17)66-26-14-28(38(54)47-24-10-6-8-22(12-24)41(57)58)49(16-26)39(55)21-7-5-9-23(11-21)46-37(53)27-13-25(15-45-27)65-36-18(2)33-30(20(4)52)40(56)50(33)34(36)44(63)64/h5-12,17-20,25-31,33,45,48,51-52H,13-16H2,1-4H3,(H,46,53)(H,47,54)(H,57,58)(H,59,60)(H,61,62)(H,63,64)/t17-,18-,19-,20-,25+,26+,27+,28+,29?,30-,31-,33-/m1/s1. The van der Waals surface area contributed by atoms with Crippen LogP contribution >= 0.6 is 23.5 Å². The number of benzene rings is 2. The van der Waals surface area contributed by atoms with Gasteiger partial charge in [0.1, 0.15) is 23.4 Å². The smallest absolute Gasteiger partial charge is 0.353 e. The molecule has 1 unspecified atom stereocenters. The van der Waals surface area contributed by atoms with Gasteiger partial charge in [-0.05, 0) is 63.1 Å². The van der Waals surface area contributed by atoms with Crippen LogP contribution in [0, 0.1) is 23.7 Å². The van der Waals surface area contributed by atoms with E-state index in [2.05, 4.69) is 21.3 Å². The summed E-state index contributed by atoms with van der Waals surface area (Å²) in [5.41, 5.74) is 0.0522. The number of aliphatic hydroxyl groups is 2. The number of fused-ring (bicyclic) bond motifs is 1. The first-order chi connectivity index (χ1) is 31.2. The van der Waals surface area contributed by atoms with Crippen molar-refractivity contribution in [1.82, 2.24) is 20.4 Å². The van der Waals surface area contributed by atoms with Crippen LogP contribution in [0.5, 0.6) is 0 Å². The van der Waals surface area contributed by atoms with E-state index < -0.39 is 107 Å². The summed E-state index contributed by atoms with van der Waals surface area (Å²) < 4.78 is 0. The molecule has 5 aliphatic rings. The maximum Gasteiger partial charge on any atom is 0.353 e. The third-order valence-corrected chi connectivity index (χ3v) is 15.8. The molecule has 0 aromatic heterocycles. The molecule has 12 atom stereocenters. The van der Waals surface area contributed by atoms with Crippen molar-refractivity contribution in [3.05, 3.63) is 80.9 Å². The zero-order valence-electron chi connectivity index (χ0n) is 36.0. The topological polar surface area (TPSA) is 313 Å². The number of thioether (sulfide) groups is 2. The van der Waals surface area contributed by atoms with Crippen LogP contribution in [0.3, 0.4) is 0 Å². The van der Waals surface area contributed by atoms with Crippen LogP contribution < -0.4 is 21.3 Å². The third-order valence-electron chi connectivity index (χ3n) is 12.8. The number of carbonyl (C=O) groups excluding carboxylic acids is 4. The van der Waals surface area contributed by atoms with Gasteiger partial charge in [-0.15, -0.1) is 23.5 Å². The first-order valence-corrected chi connectivity index (χ1v) is 23.0. The average Bonchev–Trinajstić information content (AvgIpc) is 4.02. The number of rotatable bonds is 16. The first-order valence-electron chi connectivity index (χ1n) is 21.2. The van der Waals surface area contributed by atoms with Gasteiger partial charge in [0.2, 0.25) is 17.7 Å². The maximum atomic E-state index is 14.4. The van der Waals surface area contributed by atoms with Crippen molar-refractivity contribution < 1.29 is 69.0 Å². The van der Waals surface area contributed by atoms with Gasteiger partial charge in [0.05, 0.1) is 35.8 Å². The van der Waals surface area contributed by atoms with Gasteiger partial charge in [0.25, 0.3) is 5.91 Å². The molecule has 0 saturated carbocycles. The quantitative estimate of drug-likeness (QED) is 0.107. The second kappa shape index (κ2) is 19.1. The van der Waals surface area contributed by atoms with Crippen LogP contribution in [0.15, 0.2) is 69.7 Å². The van der Waals surface area contributed by atoms with Crippen LogP contribution in [-0.2, 0) is 28.8 Å². The van der Waals surface area contributed by atoms with Crippen molar-refractivity contribution in [3.63, 3.8) is 0 Å². The van der Waals surface area contributed by atoms with Gasteiger partial charge in [0.15, 0.2) is 0 Å². The Bertz CT molecular complexity index is 2440. The van der Waals surface area contributed by atoms with Crippen LogP contribution in [-0.4, -0.2) is 148 Å². The highest BCUT2D eigenvalue weighted by molar-refractivity contribution is 8.04. The Kier molecular flexibility index (Phi) is 13.9. The summed E-state index contributed by atoms with van der Waals surface area (Å²) in [6.45, 7) is 6.53. The molecule has 10 N–H and O–H groups in total. The maximum absolute atomic E-state index is 14.4. The van der Waals surface area contributed by atoms with Gasteiger partial charge < -0.3 is 61.7 Å². The van der Waals surface area contributed by atoms with Crippen molar-refractivity contribution in [2.24, 2.45) is 23.7 Å². The van der Waals surface area contributed by atoms with E-state index in [1.54, 1.807) is 19.1 Å². The number of aromatic carboxylic acids is 1. The van der Waals surface area contributed by atoms with E-state index in [0.717, 1.165) is 11.8 Å². The van der Waals surface area contributed by atoms with Gasteiger partial charge in [-0.25, -0.2) is 14.4 Å². The number of carbonyl (C=O) groups is 8. The van der Waals surface area contributed by atoms with E-state index in [1.807, 2.05) is 6.92 Å². The number of carboxylic acids is 4. The normalized spacial score (nSPS) is 28.3. The van der Waals surface area contributed by atoms with Gasteiger partial charge in [-0.2, -0.15) is 0 Å². The number of amides is 4. The Balaban J connectivity index is 1.07. The highest BCUT2D eigenvalue weighted by atomic mass is 32.2. The Morgan fingerprint density at radius 3 is 1.98 bits per heavy atom. The number of nitrogens with one attached hydrogen (secondary N) is 4. The van der Waals surface area contributed by atoms with Crippen LogP contribution in [0.2, 0.25) is 0 Å². The number of nitrogens with zero attached hydrogens (tertiary/aromatic N) is 2. The van der Waals surface area contributed by atoms with Gasteiger partial charge in [-0.1, -0.05) is 26.0 Å². The van der Waals surface area contributed by atoms with Gasteiger partial charge >= 0.3 is 23.9 Å². The molecule has 20 nitrogen and oxygen atoms in total. The van der Waals surface area contributed by atoms with E-state index >= 15 is 0 Å². The number of likely N-dealkylation sites (tertiary alicyclic amines) is 1. The summed E-state index contributed by atoms with van der Waals surface area (Å²) in [5.74, 6) is -10.4. The average molecular weight is 951 g/mol. The van der Waals surface area contributed by atoms with Crippen molar-refractivity contribution >= 4 is 82.4 Å². The predicted octanol–water partition coefficient (Wildman–Crippen LogP) is 1.88. The van der Waals surface area contributed by atoms with E-state index in [1.165, 1.54) is 71.8 Å². The van der Waals surface area contributed by atoms with E-state index in [0.29, 0.717) is 17.9 Å². The molecule has 3 saturated heterocycles. The van der Waals surface area contributed by atoms with E-state index in [9.17, 15) is 69.0 Å². The number of β-lactam (4-membered cyclic amide) rings is 1. The zero-order chi connectivity index (χ0) is 48.0. The van der Waals surface area contributed by atoms with E-state index in [4.69, 9.17) is 0 Å². The molecule has 5 heterocycles. The van der Waals surface area contributed by atoms with Crippen molar-refractivity contribution in [2.75, 3.05) is 23.7 Å². The predicted molar refractivity (Wildman–Crippen MR) is 239 cm³/mol. The van der Waals surface area contributed by atoms with Crippen molar-refractivity contribution in [3.8, 4) is 0 Å². The Labute approximate surface area is 386 Å². The summed E-state index contributed by atoms with van der Waals surface area (Å²) in [4.78, 5) is 107.